The second-order valence-electron chi connectivity index (χ2n) is 5.00. The normalized spacial score (nSPS) is 11.0. The highest BCUT2D eigenvalue weighted by atomic mass is 35.5. The fraction of sp³-hybridized carbons (Fsp3) is 0.125. The molecule has 0 aliphatic rings. The molecule has 6 nitrogen and oxygen atoms in total. The summed E-state index contributed by atoms with van der Waals surface area (Å²) in [4.78, 5) is 23.5. The predicted octanol–water partition coefficient (Wildman–Crippen LogP) is 2.10. The molecule has 0 aliphatic heterocycles. The third-order valence-corrected chi connectivity index (χ3v) is 5.27. The van der Waals surface area contributed by atoms with Gasteiger partial charge in [-0.2, -0.15) is 0 Å². The standard InChI is InChI=1S/C16H14ClFN2O4S/c17-14-4-2-1-3-13(14)16(22)20-19-15(21)9-10-25(23,24)12-7-5-11(18)6-8-12/h1-8H,9-10H2,(H,19,21)(H,20,22). The molecule has 0 spiro atoms. The van der Waals surface area contributed by atoms with Crippen molar-refractivity contribution in [3.63, 3.8) is 0 Å². The minimum absolute atomic E-state index is 0.0817. The van der Waals surface area contributed by atoms with Crippen molar-refractivity contribution in [2.45, 2.75) is 11.3 Å². The summed E-state index contributed by atoms with van der Waals surface area (Å²) in [6.45, 7) is 0. The lowest BCUT2D eigenvalue weighted by atomic mass is 10.2. The summed E-state index contributed by atoms with van der Waals surface area (Å²) >= 11 is 5.85. The molecule has 2 aromatic carbocycles. The van der Waals surface area contributed by atoms with E-state index in [2.05, 4.69) is 10.9 Å². The monoisotopic (exact) mass is 384 g/mol. The zero-order valence-electron chi connectivity index (χ0n) is 12.8. The van der Waals surface area contributed by atoms with E-state index in [1.54, 1.807) is 12.1 Å². The highest BCUT2D eigenvalue weighted by Crippen LogP contribution is 2.14. The number of hydrogen-bond acceptors (Lipinski definition) is 4. The fourth-order valence-electron chi connectivity index (χ4n) is 1.89. The van der Waals surface area contributed by atoms with Crippen LogP contribution in [-0.2, 0) is 14.6 Å². The summed E-state index contributed by atoms with van der Waals surface area (Å²) in [5, 5.41) is 0.216. The van der Waals surface area contributed by atoms with Crippen molar-refractivity contribution >= 4 is 33.3 Å². The minimum atomic E-state index is -3.73. The Morgan fingerprint density at radius 2 is 1.64 bits per heavy atom. The maximum absolute atomic E-state index is 12.8. The molecule has 0 aromatic heterocycles. The Hall–Kier alpha value is -2.45. The van der Waals surface area contributed by atoms with Crippen molar-refractivity contribution in [2.75, 3.05) is 5.75 Å². The number of halogens is 2. The molecule has 132 valence electrons. The van der Waals surface area contributed by atoms with Gasteiger partial charge in [-0.1, -0.05) is 23.7 Å². The van der Waals surface area contributed by atoms with Gasteiger partial charge in [-0.05, 0) is 36.4 Å². The van der Waals surface area contributed by atoms with E-state index in [0.717, 1.165) is 24.3 Å². The number of hydrogen-bond donors (Lipinski definition) is 2. The third-order valence-electron chi connectivity index (χ3n) is 3.20. The number of rotatable bonds is 5. The maximum Gasteiger partial charge on any atom is 0.271 e. The van der Waals surface area contributed by atoms with Crippen molar-refractivity contribution in [3.05, 3.63) is 64.9 Å². The van der Waals surface area contributed by atoms with Crippen molar-refractivity contribution in [2.24, 2.45) is 0 Å². The molecular formula is C16H14ClFN2O4S. The highest BCUT2D eigenvalue weighted by molar-refractivity contribution is 7.91. The Morgan fingerprint density at radius 1 is 1.00 bits per heavy atom. The molecule has 2 rings (SSSR count). The summed E-state index contributed by atoms with van der Waals surface area (Å²) < 4.78 is 36.9. The van der Waals surface area contributed by atoms with E-state index < -0.39 is 33.2 Å². The molecule has 0 unspecified atom stereocenters. The number of sulfone groups is 1. The van der Waals surface area contributed by atoms with Crippen LogP contribution >= 0.6 is 11.6 Å². The van der Waals surface area contributed by atoms with E-state index in [4.69, 9.17) is 11.6 Å². The molecule has 9 heteroatoms. The Balaban J connectivity index is 1.87. The van der Waals surface area contributed by atoms with Crippen LogP contribution in [-0.4, -0.2) is 26.0 Å². The van der Waals surface area contributed by atoms with Crippen molar-refractivity contribution in [3.8, 4) is 0 Å². The van der Waals surface area contributed by atoms with Gasteiger partial charge in [0, 0.05) is 6.42 Å². The number of carbonyl (C=O) groups is 2. The van der Waals surface area contributed by atoms with Gasteiger partial charge in [-0.25, -0.2) is 12.8 Å². The molecule has 2 aromatic rings. The van der Waals surface area contributed by atoms with Crippen LogP contribution in [0.2, 0.25) is 5.02 Å². The van der Waals surface area contributed by atoms with Gasteiger partial charge in [0.25, 0.3) is 5.91 Å². The largest absolute Gasteiger partial charge is 0.273 e. The van der Waals surface area contributed by atoms with E-state index in [9.17, 15) is 22.4 Å². The second-order valence-corrected chi connectivity index (χ2v) is 7.52. The summed E-state index contributed by atoms with van der Waals surface area (Å²) in [5.41, 5.74) is 4.45. The van der Waals surface area contributed by atoms with Crippen LogP contribution in [0.1, 0.15) is 16.8 Å². The van der Waals surface area contributed by atoms with Gasteiger partial charge >= 0.3 is 0 Å². The first kappa shape index (κ1) is 18.9. The molecule has 0 saturated heterocycles. The van der Waals surface area contributed by atoms with E-state index in [-0.39, 0.29) is 21.9 Å². The maximum atomic E-state index is 12.8. The molecule has 0 atom stereocenters. The van der Waals surface area contributed by atoms with Gasteiger partial charge in [-0.3, -0.25) is 20.4 Å². The summed E-state index contributed by atoms with van der Waals surface area (Å²) in [6.07, 6.45) is -0.373. The van der Waals surface area contributed by atoms with E-state index in [1.807, 2.05) is 0 Å². The molecule has 0 bridgehead atoms. The van der Waals surface area contributed by atoms with Crippen LogP contribution in [0, 0.1) is 5.82 Å². The number of nitrogens with one attached hydrogen (secondary N) is 2. The van der Waals surface area contributed by atoms with Crippen LogP contribution in [0.25, 0.3) is 0 Å². The molecule has 0 saturated carbocycles. The first-order valence-corrected chi connectivity index (χ1v) is 9.14. The first-order chi connectivity index (χ1) is 11.8. The smallest absolute Gasteiger partial charge is 0.271 e. The minimum Gasteiger partial charge on any atom is -0.273 e. The first-order valence-electron chi connectivity index (χ1n) is 7.11. The molecule has 2 N–H and O–H groups in total. The zero-order chi connectivity index (χ0) is 18.4. The zero-order valence-corrected chi connectivity index (χ0v) is 14.4. The molecule has 0 radical (unpaired) electrons. The molecule has 2 amide bonds. The SMILES string of the molecule is O=C(CCS(=O)(=O)c1ccc(F)cc1)NNC(=O)c1ccccc1Cl. The fourth-order valence-corrected chi connectivity index (χ4v) is 3.35. The predicted molar refractivity (Wildman–Crippen MR) is 90.1 cm³/mol. The van der Waals surface area contributed by atoms with Crippen LogP contribution < -0.4 is 10.9 Å². The van der Waals surface area contributed by atoms with Gasteiger partial charge in [0.2, 0.25) is 5.91 Å². The number of carbonyl (C=O) groups excluding carboxylic acids is 2. The Labute approximate surface area is 148 Å². The lowest BCUT2D eigenvalue weighted by molar-refractivity contribution is -0.121. The van der Waals surface area contributed by atoms with Gasteiger partial charge in [-0.15, -0.1) is 0 Å². The molecule has 0 heterocycles. The van der Waals surface area contributed by atoms with Gasteiger partial charge < -0.3 is 0 Å². The second kappa shape index (κ2) is 8.09. The van der Waals surface area contributed by atoms with Gasteiger partial charge in [0.05, 0.1) is 21.2 Å². The highest BCUT2D eigenvalue weighted by Gasteiger charge is 2.17. The molecule has 0 aliphatic carbocycles. The molecule has 0 fully saturated rings. The Bertz CT molecular complexity index is 885. The average molecular weight is 385 g/mol. The Morgan fingerprint density at radius 3 is 2.28 bits per heavy atom. The van der Waals surface area contributed by atoms with Crippen LogP contribution in [0.3, 0.4) is 0 Å². The summed E-state index contributed by atoms with van der Waals surface area (Å²) in [7, 11) is -3.73. The van der Waals surface area contributed by atoms with E-state index in [0.29, 0.717) is 0 Å². The van der Waals surface area contributed by atoms with Crippen molar-refractivity contribution in [1.82, 2.24) is 10.9 Å². The number of amides is 2. The summed E-state index contributed by atoms with van der Waals surface area (Å²) in [6, 6.07) is 10.6. The lowest BCUT2D eigenvalue weighted by Crippen LogP contribution is -2.42. The number of benzene rings is 2. The lowest BCUT2D eigenvalue weighted by Gasteiger charge is -2.09. The average Bonchev–Trinajstić information content (AvgIpc) is 2.59. The quantitative estimate of drug-likeness (QED) is 0.610. The van der Waals surface area contributed by atoms with Gasteiger partial charge in [0.1, 0.15) is 5.82 Å². The van der Waals surface area contributed by atoms with Crippen LogP contribution in [0.4, 0.5) is 4.39 Å². The molecule has 25 heavy (non-hydrogen) atoms. The van der Waals surface area contributed by atoms with Crippen LogP contribution in [0.5, 0.6) is 0 Å². The van der Waals surface area contributed by atoms with Gasteiger partial charge in [0.15, 0.2) is 9.84 Å². The molecular weight excluding hydrogens is 371 g/mol. The topological polar surface area (TPSA) is 92.3 Å². The van der Waals surface area contributed by atoms with Crippen LogP contribution in [0.15, 0.2) is 53.4 Å². The van der Waals surface area contributed by atoms with Crippen molar-refractivity contribution < 1.29 is 22.4 Å². The Kier molecular flexibility index (Phi) is 6.11. The van der Waals surface area contributed by atoms with E-state index >= 15 is 0 Å². The number of hydrazine groups is 1. The third kappa shape index (κ3) is 5.27. The van der Waals surface area contributed by atoms with E-state index in [1.165, 1.54) is 12.1 Å². The van der Waals surface area contributed by atoms with Crippen molar-refractivity contribution in [1.29, 1.82) is 0 Å². The summed E-state index contributed by atoms with van der Waals surface area (Å²) in [5.74, 6) is -2.35.